The van der Waals surface area contributed by atoms with E-state index in [1.807, 2.05) is 0 Å². The molecule has 0 saturated carbocycles. The highest BCUT2D eigenvalue weighted by molar-refractivity contribution is 7.90. The molecule has 0 N–H and O–H groups in total. The number of nitrogens with zero attached hydrogens (tertiary/aromatic N) is 2. The molecule has 1 amide bonds. The average molecular weight is 273 g/mol. The fraction of sp³-hybridized carbons (Fsp3) is 0.200. The molecule has 1 aromatic rings. The van der Waals surface area contributed by atoms with Crippen LogP contribution in [0.1, 0.15) is 10.4 Å². The molecule has 0 radical (unpaired) electrons. The number of fused-ring (bicyclic) bond motifs is 1. The van der Waals surface area contributed by atoms with Crippen LogP contribution in [0.15, 0.2) is 35.5 Å². The molecule has 1 aliphatic heterocycles. The maximum absolute atomic E-state index is 12.0. The summed E-state index contributed by atoms with van der Waals surface area (Å²) in [7, 11) is -3.85. The fourth-order valence-electron chi connectivity index (χ4n) is 1.51. The van der Waals surface area contributed by atoms with Crippen molar-refractivity contribution in [2.24, 2.45) is 0 Å². The van der Waals surface area contributed by atoms with Gasteiger partial charge in [0.15, 0.2) is 5.03 Å². The lowest BCUT2D eigenvalue weighted by Gasteiger charge is -2.14. The first-order valence-corrected chi connectivity index (χ1v) is 6.70. The van der Waals surface area contributed by atoms with Crippen molar-refractivity contribution >= 4 is 27.5 Å². The van der Waals surface area contributed by atoms with E-state index >= 15 is 0 Å². The Morgan fingerprint density at radius 2 is 2.24 bits per heavy atom. The summed E-state index contributed by atoms with van der Waals surface area (Å²) < 4.78 is 24.8. The van der Waals surface area contributed by atoms with E-state index in [0.717, 1.165) is 4.31 Å². The minimum Gasteiger partial charge on any atom is -0.268 e. The zero-order valence-electron chi connectivity index (χ0n) is 8.76. The predicted octanol–water partition coefficient (Wildman–Crippen LogP) is 1.02. The molecule has 17 heavy (non-hydrogen) atoms. The first-order valence-electron chi connectivity index (χ1n) is 4.73. The van der Waals surface area contributed by atoms with E-state index in [1.165, 1.54) is 18.3 Å². The molecule has 0 fully saturated rings. The van der Waals surface area contributed by atoms with Gasteiger partial charge in [0, 0.05) is 12.1 Å². The summed E-state index contributed by atoms with van der Waals surface area (Å²) in [5.74, 6) is -0.484. The van der Waals surface area contributed by atoms with E-state index in [9.17, 15) is 13.2 Å². The monoisotopic (exact) mass is 272 g/mol. The van der Waals surface area contributed by atoms with Crippen molar-refractivity contribution in [2.75, 3.05) is 12.4 Å². The Balaban J connectivity index is 2.48. The first kappa shape index (κ1) is 12.1. The van der Waals surface area contributed by atoms with Crippen LogP contribution < -0.4 is 0 Å². The van der Waals surface area contributed by atoms with Gasteiger partial charge in [-0.15, -0.1) is 11.6 Å². The minimum atomic E-state index is -3.85. The van der Waals surface area contributed by atoms with Crippen molar-refractivity contribution in [1.82, 2.24) is 9.29 Å². The number of carbonyl (C=O) groups is 1. The van der Waals surface area contributed by atoms with E-state index < -0.39 is 15.9 Å². The predicted molar refractivity (Wildman–Crippen MR) is 62.3 cm³/mol. The second kappa shape index (κ2) is 4.12. The summed E-state index contributed by atoms with van der Waals surface area (Å²) in [6, 6.07) is 2.96. The number of hydrogen-bond acceptors (Lipinski definition) is 4. The number of carbonyl (C=O) groups excluding carboxylic acids is 1. The van der Waals surface area contributed by atoms with E-state index in [0.29, 0.717) is 5.57 Å². The molecule has 0 saturated heterocycles. The van der Waals surface area contributed by atoms with Gasteiger partial charge in [0.2, 0.25) is 0 Å². The van der Waals surface area contributed by atoms with E-state index in [4.69, 9.17) is 11.6 Å². The molecule has 7 heteroatoms. The molecule has 5 nitrogen and oxygen atoms in total. The van der Waals surface area contributed by atoms with Crippen LogP contribution in [0.3, 0.4) is 0 Å². The summed E-state index contributed by atoms with van der Waals surface area (Å²) in [5, 5.41) is -0.202. The van der Waals surface area contributed by atoms with Crippen LogP contribution in [0, 0.1) is 0 Å². The van der Waals surface area contributed by atoms with Crippen LogP contribution in [0.4, 0.5) is 0 Å². The molecule has 1 aliphatic rings. The normalized spacial score (nSPS) is 17.0. The van der Waals surface area contributed by atoms with Crippen molar-refractivity contribution in [3.8, 4) is 0 Å². The molecule has 0 atom stereocenters. The molecular formula is C10H9ClN2O3S. The van der Waals surface area contributed by atoms with Crippen LogP contribution in [-0.2, 0) is 10.0 Å². The molecule has 0 bridgehead atoms. The van der Waals surface area contributed by atoms with Gasteiger partial charge in [-0.2, -0.15) is 8.42 Å². The summed E-state index contributed by atoms with van der Waals surface area (Å²) in [6.45, 7) is 3.48. The smallest absolute Gasteiger partial charge is 0.268 e. The van der Waals surface area contributed by atoms with Crippen molar-refractivity contribution in [2.45, 2.75) is 5.03 Å². The summed E-state index contributed by atoms with van der Waals surface area (Å²) >= 11 is 5.53. The largest absolute Gasteiger partial charge is 0.285 e. The van der Waals surface area contributed by atoms with Crippen molar-refractivity contribution < 1.29 is 13.2 Å². The third kappa shape index (κ3) is 1.83. The molecule has 0 spiro atoms. The number of rotatable bonds is 3. The SMILES string of the molecule is C=C(CCl)CN1C(=O)c2cccnc2S1(=O)=O. The number of sulfonamides is 1. The van der Waals surface area contributed by atoms with Gasteiger partial charge in [-0.25, -0.2) is 9.29 Å². The second-order valence-electron chi connectivity index (χ2n) is 3.56. The number of halogens is 1. The van der Waals surface area contributed by atoms with Crippen molar-refractivity contribution in [1.29, 1.82) is 0 Å². The second-order valence-corrected chi connectivity index (χ2v) is 5.60. The standard InChI is InChI=1S/C10H9ClN2O3S/c1-7(5-11)6-13-10(14)8-3-2-4-12-9(8)17(13,15)16/h2-4H,1,5-6H2. The molecule has 0 aromatic carbocycles. The third-order valence-electron chi connectivity index (χ3n) is 2.32. The summed E-state index contributed by atoms with van der Waals surface area (Å²) in [4.78, 5) is 15.6. The van der Waals surface area contributed by atoms with Crippen molar-refractivity contribution in [3.63, 3.8) is 0 Å². The number of amides is 1. The molecular weight excluding hydrogens is 264 g/mol. The van der Waals surface area contributed by atoms with Gasteiger partial charge in [-0.3, -0.25) is 4.79 Å². The molecule has 0 unspecified atom stereocenters. The number of hydrogen-bond donors (Lipinski definition) is 0. The Kier molecular flexibility index (Phi) is 2.92. The van der Waals surface area contributed by atoms with Gasteiger partial charge in [0.05, 0.1) is 12.1 Å². The Bertz CT molecular complexity index is 597. The molecule has 1 aromatic heterocycles. The Labute approximate surface area is 104 Å². The van der Waals surface area contributed by atoms with Gasteiger partial charge in [0.1, 0.15) is 0 Å². The van der Waals surface area contributed by atoms with Crippen LogP contribution in [0.25, 0.3) is 0 Å². The lowest BCUT2D eigenvalue weighted by molar-refractivity contribution is 0.0878. The Hall–Kier alpha value is -1.40. The highest BCUT2D eigenvalue weighted by Crippen LogP contribution is 2.28. The summed E-state index contributed by atoms with van der Waals surface area (Å²) in [5.41, 5.74) is 0.547. The molecule has 0 aliphatic carbocycles. The number of aromatic nitrogens is 1. The van der Waals surface area contributed by atoms with Gasteiger partial charge >= 0.3 is 0 Å². The quantitative estimate of drug-likeness (QED) is 0.609. The van der Waals surface area contributed by atoms with Crippen LogP contribution in [-0.4, -0.2) is 36.0 Å². The Morgan fingerprint density at radius 3 is 2.82 bits per heavy atom. The van der Waals surface area contributed by atoms with E-state index in [2.05, 4.69) is 11.6 Å². The van der Waals surface area contributed by atoms with E-state index in [1.54, 1.807) is 0 Å². The third-order valence-corrected chi connectivity index (χ3v) is 4.39. The van der Waals surface area contributed by atoms with Crippen LogP contribution >= 0.6 is 11.6 Å². The maximum atomic E-state index is 12.0. The highest BCUT2D eigenvalue weighted by atomic mass is 35.5. The first-order chi connectivity index (χ1) is 7.98. The summed E-state index contributed by atoms with van der Waals surface area (Å²) in [6.07, 6.45) is 1.34. The molecule has 2 heterocycles. The Morgan fingerprint density at radius 1 is 1.53 bits per heavy atom. The van der Waals surface area contributed by atoms with Gasteiger partial charge in [-0.05, 0) is 17.7 Å². The molecule has 90 valence electrons. The zero-order chi connectivity index (χ0) is 12.6. The maximum Gasteiger partial charge on any atom is 0.285 e. The lowest BCUT2D eigenvalue weighted by atomic mass is 10.2. The zero-order valence-corrected chi connectivity index (χ0v) is 10.3. The lowest BCUT2D eigenvalue weighted by Crippen LogP contribution is -2.32. The van der Waals surface area contributed by atoms with Crippen LogP contribution in [0.5, 0.6) is 0 Å². The van der Waals surface area contributed by atoms with Gasteiger partial charge < -0.3 is 0 Å². The fourth-order valence-corrected chi connectivity index (χ4v) is 3.10. The number of pyridine rings is 1. The molecule has 2 rings (SSSR count). The number of alkyl halides is 1. The highest BCUT2D eigenvalue weighted by Gasteiger charge is 2.42. The topological polar surface area (TPSA) is 67.3 Å². The van der Waals surface area contributed by atoms with E-state index in [-0.39, 0.29) is 23.0 Å². The van der Waals surface area contributed by atoms with Crippen LogP contribution in [0.2, 0.25) is 0 Å². The average Bonchev–Trinajstić information content (AvgIpc) is 2.51. The minimum absolute atomic E-state index is 0.0925. The van der Waals surface area contributed by atoms with Crippen molar-refractivity contribution in [3.05, 3.63) is 36.0 Å². The van der Waals surface area contributed by atoms with Gasteiger partial charge in [0.25, 0.3) is 15.9 Å². The van der Waals surface area contributed by atoms with Gasteiger partial charge in [-0.1, -0.05) is 6.58 Å².